The van der Waals surface area contributed by atoms with E-state index in [1.54, 1.807) is 0 Å². The van der Waals surface area contributed by atoms with Crippen LogP contribution >= 0.6 is 11.6 Å². The lowest BCUT2D eigenvalue weighted by Crippen LogP contribution is -2.00. The van der Waals surface area contributed by atoms with Crippen molar-refractivity contribution in [2.45, 2.75) is 18.8 Å². The quantitative estimate of drug-likeness (QED) is 0.457. The van der Waals surface area contributed by atoms with Gasteiger partial charge in [0.25, 0.3) is 0 Å². The molecule has 0 atom stereocenters. The average molecular weight is 333 g/mol. The topological polar surface area (TPSA) is 0 Å². The molecule has 0 N–H and O–H groups in total. The summed E-state index contributed by atoms with van der Waals surface area (Å²) in [7, 11) is 0. The van der Waals surface area contributed by atoms with Crippen LogP contribution in [0.25, 0.3) is 6.08 Å². The first-order valence-corrected chi connectivity index (χ1v) is 8.73. The standard InChI is InChI=1S/C23H21Cl/c24-23-18-10-8-16-21(23)15-7-9-17-22(19-11-3-1-4-12-19)20-13-5-2-6-14-20/h1-8,10-16,18,22H,9,17H2/b15-7+. The van der Waals surface area contributed by atoms with Gasteiger partial charge in [0.2, 0.25) is 0 Å². The van der Waals surface area contributed by atoms with E-state index in [9.17, 15) is 0 Å². The molecule has 3 aromatic rings. The van der Waals surface area contributed by atoms with Crippen molar-refractivity contribution in [1.82, 2.24) is 0 Å². The third kappa shape index (κ3) is 4.37. The molecule has 0 unspecified atom stereocenters. The Kier molecular flexibility index (Phi) is 5.87. The van der Waals surface area contributed by atoms with E-state index in [1.165, 1.54) is 11.1 Å². The van der Waals surface area contributed by atoms with Gasteiger partial charge in [0.05, 0.1) is 0 Å². The van der Waals surface area contributed by atoms with Gasteiger partial charge in [-0.25, -0.2) is 0 Å². The van der Waals surface area contributed by atoms with E-state index >= 15 is 0 Å². The molecule has 0 heterocycles. The van der Waals surface area contributed by atoms with Crippen molar-refractivity contribution >= 4 is 17.7 Å². The summed E-state index contributed by atoms with van der Waals surface area (Å²) in [6, 6.07) is 29.4. The molecule has 0 aromatic heterocycles. The van der Waals surface area contributed by atoms with Crippen LogP contribution in [0.1, 0.15) is 35.4 Å². The van der Waals surface area contributed by atoms with Gasteiger partial charge in [0, 0.05) is 10.9 Å². The largest absolute Gasteiger partial charge is 0.0839 e. The van der Waals surface area contributed by atoms with Gasteiger partial charge < -0.3 is 0 Å². The third-order valence-corrected chi connectivity index (χ3v) is 4.57. The lowest BCUT2D eigenvalue weighted by molar-refractivity contribution is 0.729. The summed E-state index contributed by atoms with van der Waals surface area (Å²) in [5.74, 6) is 0.420. The number of allylic oxidation sites excluding steroid dienone is 1. The summed E-state index contributed by atoms with van der Waals surface area (Å²) in [6.07, 6.45) is 6.43. The lowest BCUT2D eigenvalue weighted by Gasteiger charge is -2.17. The van der Waals surface area contributed by atoms with Crippen molar-refractivity contribution in [2.24, 2.45) is 0 Å². The monoisotopic (exact) mass is 332 g/mol. The highest BCUT2D eigenvalue weighted by Crippen LogP contribution is 2.29. The van der Waals surface area contributed by atoms with Crippen LogP contribution in [0, 0.1) is 0 Å². The summed E-state index contributed by atoms with van der Waals surface area (Å²) in [5.41, 5.74) is 3.82. The van der Waals surface area contributed by atoms with E-state index < -0.39 is 0 Å². The molecule has 0 amide bonds. The highest BCUT2D eigenvalue weighted by molar-refractivity contribution is 6.32. The molecule has 0 saturated heterocycles. The van der Waals surface area contributed by atoms with E-state index in [4.69, 9.17) is 11.6 Å². The second-order valence-electron chi connectivity index (χ2n) is 5.88. The Hall–Kier alpha value is -2.31. The molecule has 24 heavy (non-hydrogen) atoms. The number of rotatable bonds is 6. The smallest absolute Gasteiger partial charge is 0.0478 e. The summed E-state index contributed by atoms with van der Waals surface area (Å²) >= 11 is 6.21. The minimum absolute atomic E-state index is 0.420. The van der Waals surface area contributed by atoms with Gasteiger partial charge in [-0.3, -0.25) is 0 Å². The average Bonchev–Trinajstić information content (AvgIpc) is 2.64. The Bertz CT molecular complexity index is 736. The molecule has 0 aliphatic rings. The number of hydrogen-bond donors (Lipinski definition) is 0. The van der Waals surface area contributed by atoms with Crippen molar-refractivity contribution < 1.29 is 0 Å². The van der Waals surface area contributed by atoms with Crippen LogP contribution in [0.15, 0.2) is 91.0 Å². The number of hydrogen-bond acceptors (Lipinski definition) is 0. The summed E-state index contributed by atoms with van der Waals surface area (Å²) in [5, 5.41) is 0.802. The van der Waals surface area contributed by atoms with Gasteiger partial charge >= 0.3 is 0 Å². The van der Waals surface area contributed by atoms with Crippen LogP contribution in [0.2, 0.25) is 5.02 Å². The van der Waals surface area contributed by atoms with E-state index in [1.807, 2.05) is 24.3 Å². The lowest BCUT2D eigenvalue weighted by atomic mass is 9.87. The molecule has 0 spiro atoms. The Labute approximate surface area is 149 Å². The van der Waals surface area contributed by atoms with Crippen LogP contribution in [0.5, 0.6) is 0 Å². The van der Waals surface area contributed by atoms with Crippen LogP contribution in [-0.2, 0) is 0 Å². The Morgan fingerprint density at radius 1 is 0.708 bits per heavy atom. The first-order chi connectivity index (χ1) is 11.8. The van der Waals surface area contributed by atoms with Crippen molar-refractivity contribution in [1.29, 1.82) is 0 Å². The predicted octanol–water partition coefficient (Wildman–Crippen LogP) is 6.97. The van der Waals surface area contributed by atoms with E-state index in [-0.39, 0.29) is 0 Å². The highest BCUT2D eigenvalue weighted by atomic mass is 35.5. The third-order valence-electron chi connectivity index (χ3n) is 4.23. The van der Waals surface area contributed by atoms with Gasteiger partial charge in [-0.1, -0.05) is 103 Å². The molecular formula is C23H21Cl. The molecule has 120 valence electrons. The van der Waals surface area contributed by atoms with Gasteiger partial charge in [-0.05, 0) is 35.6 Å². The van der Waals surface area contributed by atoms with Crippen molar-refractivity contribution in [3.8, 4) is 0 Å². The van der Waals surface area contributed by atoms with Gasteiger partial charge in [0.15, 0.2) is 0 Å². The molecule has 1 heteroatoms. The van der Waals surface area contributed by atoms with E-state index in [0.717, 1.165) is 23.4 Å². The molecule has 0 radical (unpaired) electrons. The Morgan fingerprint density at radius 2 is 1.25 bits per heavy atom. The minimum Gasteiger partial charge on any atom is -0.0839 e. The highest BCUT2D eigenvalue weighted by Gasteiger charge is 2.12. The Balaban J connectivity index is 1.72. The van der Waals surface area contributed by atoms with Gasteiger partial charge in [-0.15, -0.1) is 0 Å². The summed E-state index contributed by atoms with van der Waals surface area (Å²) in [6.45, 7) is 0. The fraction of sp³-hybridized carbons (Fsp3) is 0.130. The zero-order chi connectivity index (χ0) is 16.6. The van der Waals surface area contributed by atoms with Crippen LogP contribution in [0.4, 0.5) is 0 Å². The molecule has 0 nitrogen and oxygen atoms in total. The first kappa shape index (κ1) is 16.5. The van der Waals surface area contributed by atoms with E-state index in [2.05, 4.69) is 72.8 Å². The minimum atomic E-state index is 0.420. The first-order valence-electron chi connectivity index (χ1n) is 8.35. The van der Waals surface area contributed by atoms with Gasteiger partial charge in [-0.2, -0.15) is 0 Å². The molecule has 0 bridgehead atoms. The maximum atomic E-state index is 6.21. The van der Waals surface area contributed by atoms with Crippen molar-refractivity contribution in [3.63, 3.8) is 0 Å². The Morgan fingerprint density at radius 3 is 1.83 bits per heavy atom. The molecule has 3 rings (SSSR count). The zero-order valence-corrected chi connectivity index (χ0v) is 14.4. The van der Waals surface area contributed by atoms with Crippen molar-refractivity contribution in [3.05, 3.63) is 113 Å². The van der Waals surface area contributed by atoms with E-state index in [0.29, 0.717) is 5.92 Å². The predicted molar refractivity (Wildman–Crippen MR) is 104 cm³/mol. The summed E-state index contributed by atoms with van der Waals surface area (Å²) in [4.78, 5) is 0. The maximum Gasteiger partial charge on any atom is 0.0478 e. The molecule has 0 aliphatic carbocycles. The SMILES string of the molecule is Clc1ccccc1/C=C/CCC(c1ccccc1)c1ccccc1. The second kappa shape index (κ2) is 8.52. The number of benzene rings is 3. The number of halogens is 1. The zero-order valence-electron chi connectivity index (χ0n) is 13.6. The second-order valence-corrected chi connectivity index (χ2v) is 6.28. The van der Waals surface area contributed by atoms with Crippen LogP contribution in [0.3, 0.4) is 0 Å². The van der Waals surface area contributed by atoms with Crippen LogP contribution in [-0.4, -0.2) is 0 Å². The molecule has 3 aromatic carbocycles. The molecule has 0 aliphatic heterocycles. The summed E-state index contributed by atoms with van der Waals surface area (Å²) < 4.78 is 0. The fourth-order valence-electron chi connectivity index (χ4n) is 2.98. The molecule has 0 fully saturated rings. The van der Waals surface area contributed by atoms with Gasteiger partial charge in [0.1, 0.15) is 0 Å². The molecular weight excluding hydrogens is 312 g/mol. The normalized spacial score (nSPS) is 11.2. The maximum absolute atomic E-state index is 6.21. The molecule has 0 saturated carbocycles. The fourth-order valence-corrected chi connectivity index (χ4v) is 3.18. The van der Waals surface area contributed by atoms with Crippen molar-refractivity contribution in [2.75, 3.05) is 0 Å². The van der Waals surface area contributed by atoms with Crippen LogP contribution < -0.4 is 0 Å².